The number of fused-ring (bicyclic) bond motifs is 1. The number of H-pyrrole nitrogens is 1. The minimum Gasteiger partial charge on any atom is -0.497 e. The molecule has 0 unspecified atom stereocenters. The summed E-state index contributed by atoms with van der Waals surface area (Å²) in [7, 11) is 6.92. The Labute approximate surface area is 112 Å². The zero-order valence-electron chi connectivity index (χ0n) is 11.6. The standard InChI is InChI=1S/C14H18N2O3/c1-16(2)8-11-10-6-5-9(18-3)7-12(10)15-13(11)14(17)19-4/h5-7,15H,8H2,1-4H3. The molecule has 1 aromatic heterocycles. The molecular formula is C14H18N2O3. The molecule has 2 aromatic rings. The summed E-state index contributed by atoms with van der Waals surface area (Å²) in [4.78, 5) is 17.0. The lowest BCUT2D eigenvalue weighted by Gasteiger charge is -2.10. The van der Waals surface area contributed by atoms with E-state index in [9.17, 15) is 4.79 Å². The number of hydrogen-bond donors (Lipinski definition) is 1. The normalized spacial score (nSPS) is 11.0. The number of nitrogens with one attached hydrogen (secondary N) is 1. The van der Waals surface area contributed by atoms with E-state index in [1.54, 1.807) is 7.11 Å². The number of aromatic nitrogens is 1. The van der Waals surface area contributed by atoms with E-state index >= 15 is 0 Å². The number of ether oxygens (including phenoxy) is 2. The van der Waals surface area contributed by atoms with Gasteiger partial charge in [0.1, 0.15) is 11.4 Å². The highest BCUT2D eigenvalue weighted by molar-refractivity contribution is 5.98. The molecule has 0 spiro atoms. The van der Waals surface area contributed by atoms with Crippen molar-refractivity contribution in [3.8, 4) is 5.75 Å². The number of carbonyl (C=O) groups is 1. The average molecular weight is 262 g/mol. The second-order valence-electron chi connectivity index (χ2n) is 4.62. The summed E-state index contributed by atoms with van der Waals surface area (Å²) in [5.74, 6) is 0.397. The molecule has 0 aliphatic heterocycles. The molecule has 0 aliphatic carbocycles. The van der Waals surface area contributed by atoms with Crippen LogP contribution in [0.5, 0.6) is 5.75 Å². The van der Waals surface area contributed by atoms with Crippen molar-refractivity contribution in [2.45, 2.75) is 6.54 Å². The van der Waals surface area contributed by atoms with Gasteiger partial charge in [0.25, 0.3) is 0 Å². The number of aromatic amines is 1. The van der Waals surface area contributed by atoms with Gasteiger partial charge in [0.15, 0.2) is 0 Å². The molecule has 0 fully saturated rings. The van der Waals surface area contributed by atoms with Crippen LogP contribution in [0.2, 0.25) is 0 Å². The van der Waals surface area contributed by atoms with E-state index in [1.165, 1.54) is 7.11 Å². The van der Waals surface area contributed by atoms with E-state index in [-0.39, 0.29) is 5.97 Å². The highest BCUT2D eigenvalue weighted by Crippen LogP contribution is 2.27. The molecular weight excluding hydrogens is 244 g/mol. The number of nitrogens with zero attached hydrogens (tertiary/aromatic N) is 1. The SMILES string of the molecule is COC(=O)c1[nH]c2cc(OC)ccc2c1CN(C)C. The molecule has 0 bridgehead atoms. The minimum atomic E-state index is -0.355. The van der Waals surface area contributed by atoms with Crippen molar-refractivity contribution in [2.24, 2.45) is 0 Å². The summed E-state index contributed by atoms with van der Waals surface area (Å²) < 4.78 is 10.0. The fraction of sp³-hybridized carbons (Fsp3) is 0.357. The molecule has 19 heavy (non-hydrogen) atoms. The molecule has 0 radical (unpaired) electrons. The van der Waals surface area contributed by atoms with Gasteiger partial charge in [-0.25, -0.2) is 4.79 Å². The molecule has 102 valence electrons. The van der Waals surface area contributed by atoms with Crippen LogP contribution < -0.4 is 4.74 Å². The average Bonchev–Trinajstić information content (AvgIpc) is 2.75. The van der Waals surface area contributed by atoms with Crippen molar-refractivity contribution in [2.75, 3.05) is 28.3 Å². The molecule has 5 nitrogen and oxygen atoms in total. The Kier molecular flexibility index (Phi) is 3.76. The maximum absolute atomic E-state index is 11.8. The predicted molar refractivity (Wildman–Crippen MR) is 73.6 cm³/mol. The van der Waals surface area contributed by atoms with Crippen molar-refractivity contribution < 1.29 is 14.3 Å². The summed E-state index contributed by atoms with van der Waals surface area (Å²) in [6, 6.07) is 5.72. The topological polar surface area (TPSA) is 54.6 Å². The third kappa shape index (κ3) is 2.56. The van der Waals surface area contributed by atoms with Crippen molar-refractivity contribution in [3.63, 3.8) is 0 Å². The van der Waals surface area contributed by atoms with Crippen LogP contribution in [-0.2, 0) is 11.3 Å². The molecule has 0 atom stereocenters. The van der Waals surface area contributed by atoms with E-state index < -0.39 is 0 Å². The van der Waals surface area contributed by atoms with Crippen molar-refractivity contribution >= 4 is 16.9 Å². The van der Waals surface area contributed by atoms with E-state index in [0.717, 1.165) is 22.2 Å². The maximum atomic E-state index is 11.8. The van der Waals surface area contributed by atoms with Crippen molar-refractivity contribution in [3.05, 3.63) is 29.5 Å². The van der Waals surface area contributed by atoms with Gasteiger partial charge in [-0.1, -0.05) is 0 Å². The van der Waals surface area contributed by atoms with Crippen LogP contribution in [0.25, 0.3) is 10.9 Å². The van der Waals surface area contributed by atoms with Gasteiger partial charge in [0.05, 0.1) is 19.7 Å². The largest absolute Gasteiger partial charge is 0.497 e. The highest BCUT2D eigenvalue weighted by Gasteiger charge is 2.18. The number of esters is 1. The lowest BCUT2D eigenvalue weighted by molar-refractivity contribution is 0.0593. The zero-order chi connectivity index (χ0) is 14.0. The first-order valence-corrected chi connectivity index (χ1v) is 5.98. The first-order chi connectivity index (χ1) is 9.06. The Hall–Kier alpha value is -2.01. The minimum absolute atomic E-state index is 0.355. The van der Waals surface area contributed by atoms with Gasteiger partial charge in [-0.3, -0.25) is 0 Å². The molecule has 1 heterocycles. The van der Waals surface area contributed by atoms with Crippen LogP contribution in [0.3, 0.4) is 0 Å². The van der Waals surface area contributed by atoms with Crippen molar-refractivity contribution in [1.29, 1.82) is 0 Å². The van der Waals surface area contributed by atoms with Crippen LogP contribution in [-0.4, -0.2) is 44.2 Å². The monoisotopic (exact) mass is 262 g/mol. The Balaban J connectivity index is 2.61. The van der Waals surface area contributed by atoms with Gasteiger partial charge in [-0.15, -0.1) is 0 Å². The maximum Gasteiger partial charge on any atom is 0.354 e. The molecule has 0 amide bonds. The Bertz CT molecular complexity index is 602. The Morgan fingerprint density at radius 2 is 2.05 bits per heavy atom. The fourth-order valence-corrected chi connectivity index (χ4v) is 2.12. The number of methoxy groups -OCH3 is 2. The summed E-state index contributed by atoms with van der Waals surface area (Å²) in [5, 5.41) is 1.01. The molecule has 0 aliphatic rings. The summed E-state index contributed by atoms with van der Waals surface area (Å²) in [6.45, 7) is 0.663. The summed E-state index contributed by atoms with van der Waals surface area (Å²) >= 11 is 0. The van der Waals surface area contributed by atoms with E-state index in [4.69, 9.17) is 9.47 Å². The van der Waals surface area contributed by atoms with Gasteiger partial charge < -0.3 is 19.4 Å². The second kappa shape index (κ2) is 5.32. The first-order valence-electron chi connectivity index (χ1n) is 5.98. The lowest BCUT2D eigenvalue weighted by atomic mass is 10.1. The quantitative estimate of drug-likeness (QED) is 0.857. The molecule has 1 N–H and O–H groups in total. The third-order valence-corrected chi connectivity index (χ3v) is 2.98. The van der Waals surface area contributed by atoms with Gasteiger partial charge in [0.2, 0.25) is 0 Å². The number of carbonyl (C=O) groups excluding carboxylic acids is 1. The van der Waals surface area contributed by atoms with Crippen LogP contribution in [0.1, 0.15) is 16.1 Å². The Morgan fingerprint density at radius 3 is 2.63 bits per heavy atom. The van der Waals surface area contributed by atoms with E-state index in [0.29, 0.717) is 12.2 Å². The summed E-state index contributed by atoms with van der Waals surface area (Å²) in [5.41, 5.74) is 2.31. The molecule has 0 saturated heterocycles. The number of rotatable bonds is 4. The van der Waals surface area contributed by atoms with E-state index in [1.807, 2.05) is 37.2 Å². The molecule has 2 rings (SSSR count). The van der Waals surface area contributed by atoms with E-state index in [2.05, 4.69) is 4.98 Å². The number of hydrogen-bond acceptors (Lipinski definition) is 4. The number of benzene rings is 1. The van der Waals surface area contributed by atoms with Gasteiger partial charge in [0, 0.05) is 23.6 Å². The predicted octanol–water partition coefficient (Wildman–Crippen LogP) is 2.02. The zero-order valence-corrected chi connectivity index (χ0v) is 11.6. The highest BCUT2D eigenvalue weighted by atomic mass is 16.5. The van der Waals surface area contributed by atoms with Crippen LogP contribution in [0.4, 0.5) is 0 Å². The first kappa shape index (κ1) is 13.4. The van der Waals surface area contributed by atoms with Gasteiger partial charge in [-0.05, 0) is 26.2 Å². The van der Waals surface area contributed by atoms with Crippen LogP contribution in [0, 0.1) is 0 Å². The van der Waals surface area contributed by atoms with Gasteiger partial charge >= 0.3 is 5.97 Å². The van der Waals surface area contributed by atoms with Crippen LogP contribution >= 0.6 is 0 Å². The summed E-state index contributed by atoms with van der Waals surface area (Å²) in [6.07, 6.45) is 0. The second-order valence-corrected chi connectivity index (χ2v) is 4.62. The third-order valence-electron chi connectivity index (χ3n) is 2.98. The lowest BCUT2D eigenvalue weighted by Crippen LogP contribution is -2.14. The Morgan fingerprint density at radius 1 is 1.32 bits per heavy atom. The molecule has 0 saturated carbocycles. The molecule has 5 heteroatoms. The smallest absolute Gasteiger partial charge is 0.354 e. The van der Waals surface area contributed by atoms with Crippen molar-refractivity contribution in [1.82, 2.24) is 9.88 Å². The fourth-order valence-electron chi connectivity index (χ4n) is 2.12. The van der Waals surface area contributed by atoms with Crippen LogP contribution in [0.15, 0.2) is 18.2 Å². The van der Waals surface area contributed by atoms with Gasteiger partial charge in [-0.2, -0.15) is 0 Å². The molecule has 1 aromatic carbocycles.